The van der Waals surface area contributed by atoms with Crippen LogP contribution in [0.4, 0.5) is 13.2 Å². The van der Waals surface area contributed by atoms with Gasteiger partial charge in [0, 0.05) is 32.7 Å². The molecule has 3 aromatic rings. The first-order chi connectivity index (χ1) is 14.3. The monoisotopic (exact) mass is 435 g/mol. The maximum Gasteiger partial charge on any atom is 0.416 e. The van der Waals surface area contributed by atoms with Crippen LogP contribution >= 0.6 is 11.3 Å². The number of alkyl halides is 3. The van der Waals surface area contributed by atoms with Crippen LogP contribution in [0.2, 0.25) is 0 Å². The number of carbonyl (C=O) groups excluding carboxylic acids is 1. The van der Waals surface area contributed by atoms with Crippen molar-refractivity contribution in [3.05, 3.63) is 69.3 Å². The summed E-state index contributed by atoms with van der Waals surface area (Å²) in [6.45, 7) is 3.01. The van der Waals surface area contributed by atoms with Crippen LogP contribution < -0.4 is 4.87 Å². The van der Waals surface area contributed by atoms with Gasteiger partial charge in [0.15, 0.2) is 0 Å². The van der Waals surface area contributed by atoms with Gasteiger partial charge in [-0.2, -0.15) is 13.2 Å². The van der Waals surface area contributed by atoms with E-state index in [9.17, 15) is 22.8 Å². The standard InChI is InChI=1S/C21H20F3N3O2S/c22-21(23,24)16-6-7-18-17(12-16)27(20(29)30-18)14-19(28)26-10-8-25(9-11-26)13-15-4-2-1-3-5-15/h1-7,12H,8-11,13-14H2. The van der Waals surface area contributed by atoms with Crippen molar-refractivity contribution in [2.45, 2.75) is 19.3 Å². The fourth-order valence-electron chi connectivity index (χ4n) is 3.62. The maximum atomic E-state index is 13.0. The molecule has 2 heterocycles. The van der Waals surface area contributed by atoms with Crippen molar-refractivity contribution in [2.75, 3.05) is 26.2 Å². The van der Waals surface area contributed by atoms with Crippen LogP contribution in [0.3, 0.4) is 0 Å². The summed E-state index contributed by atoms with van der Waals surface area (Å²) in [4.78, 5) is 28.5. The van der Waals surface area contributed by atoms with Gasteiger partial charge in [-0.3, -0.25) is 19.1 Å². The van der Waals surface area contributed by atoms with Crippen molar-refractivity contribution in [1.82, 2.24) is 14.4 Å². The fraction of sp³-hybridized carbons (Fsp3) is 0.333. The van der Waals surface area contributed by atoms with Crippen molar-refractivity contribution in [2.24, 2.45) is 0 Å². The Morgan fingerprint density at radius 1 is 1.00 bits per heavy atom. The Morgan fingerprint density at radius 2 is 1.70 bits per heavy atom. The molecule has 2 aromatic carbocycles. The number of hydrogen-bond donors (Lipinski definition) is 0. The smallest absolute Gasteiger partial charge is 0.339 e. The van der Waals surface area contributed by atoms with E-state index in [1.54, 1.807) is 4.90 Å². The number of halogens is 3. The van der Waals surface area contributed by atoms with Crippen LogP contribution in [0.15, 0.2) is 53.3 Å². The number of amides is 1. The lowest BCUT2D eigenvalue weighted by molar-refractivity contribution is -0.137. The zero-order valence-electron chi connectivity index (χ0n) is 16.1. The van der Waals surface area contributed by atoms with Gasteiger partial charge in [0.2, 0.25) is 5.91 Å². The van der Waals surface area contributed by atoms with Gasteiger partial charge in [-0.25, -0.2) is 0 Å². The van der Waals surface area contributed by atoms with Crippen LogP contribution in [0.1, 0.15) is 11.1 Å². The molecule has 0 aliphatic carbocycles. The molecule has 9 heteroatoms. The van der Waals surface area contributed by atoms with Gasteiger partial charge in [0.25, 0.3) is 0 Å². The molecule has 1 saturated heterocycles. The quantitative estimate of drug-likeness (QED) is 0.631. The van der Waals surface area contributed by atoms with Crippen molar-refractivity contribution in [1.29, 1.82) is 0 Å². The van der Waals surface area contributed by atoms with Crippen LogP contribution in [-0.4, -0.2) is 46.5 Å². The van der Waals surface area contributed by atoms with Gasteiger partial charge in [-0.05, 0) is 23.8 Å². The van der Waals surface area contributed by atoms with Crippen LogP contribution in [-0.2, 0) is 24.1 Å². The number of benzene rings is 2. The molecule has 1 fully saturated rings. The van der Waals surface area contributed by atoms with Gasteiger partial charge in [0.05, 0.1) is 15.8 Å². The number of rotatable bonds is 4. The summed E-state index contributed by atoms with van der Waals surface area (Å²) in [6.07, 6.45) is -4.50. The van der Waals surface area contributed by atoms with Crippen LogP contribution in [0.5, 0.6) is 0 Å². The third-order valence-electron chi connectivity index (χ3n) is 5.26. The van der Waals surface area contributed by atoms with Crippen molar-refractivity contribution >= 4 is 27.5 Å². The lowest BCUT2D eigenvalue weighted by Crippen LogP contribution is -2.49. The third-order valence-corrected chi connectivity index (χ3v) is 6.22. The molecule has 4 rings (SSSR count). The van der Waals surface area contributed by atoms with E-state index >= 15 is 0 Å². The second-order valence-corrected chi connectivity index (χ2v) is 8.27. The minimum atomic E-state index is -4.50. The molecule has 1 aliphatic rings. The number of hydrogen-bond acceptors (Lipinski definition) is 4. The molecule has 1 aliphatic heterocycles. The van der Waals surface area contributed by atoms with Gasteiger partial charge in [0.1, 0.15) is 6.54 Å². The molecule has 1 amide bonds. The maximum absolute atomic E-state index is 13.0. The molecule has 5 nitrogen and oxygen atoms in total. The molecular formula is C21H20F3N3O2S. The predicted molar refractivity (Wildman–Crippen MR) is 109 cm³/mol. The minimum absolute atomic E-state index is 0.149. The second-order valence-electron chi connectivity index (χ2n) is 7.28. The number of piperazine rings is 1. The predicted octanol–water partition coefficient (Wildman–Crippen LogP) is 3.43. The van der Waals surface area contributed by atoms with Crippen molar-refractivity contribution < 1.29 is 18.0 Å². The number of thiazole rings is 1. The molecule has 158 valence electrons. The number of carbonyl (C=O) groups is 1. The number of aromatic nitrogens is 1. The first kappa shape index (κ1) is 20.6. The van der Waals surface area contributed by atoms with E-state index in [4.69, 9.17) is 0 Å². The summed E-state index contributed by atoms with van der Waals surface area (Å²) >= 11 is 0.849. The average molecular weight is 435 g/mol. The van der Waals surface area contributed by atoms with E-state index in [0.717, 1.165) is 34.6 Å². The zero-order chi connectivity index (χ0) is 21.3. The molecule has 1 aromatic heterocycles. The Morgan fingerprint density at radius 3 is 2.37 bits per heavy atom. The molecule has 0 saturated carbocycles. The van der Waals surface area contributed by atoms with Crippen LogP contribution in [0.25, 0.3) is 10.2 Å². The Bertz CT molecular complexity index is 1100. The Labute approximate surface area is 174 Å². The highest BCUT2D eigenvalue weighted by atomic mass is 32.1. The highest BCUT2D eigenvalue weighted by Crippen LogP contribution is 2.32. The molecule has 0 radical (unpaired) electrons. The van der Waals surface area contributed by atoms with Gasteiger partial charge >= 0.3 is 11.0 Å². The van der Waals surface area contributed by atoms with E-state index in [0.29, 0.717) is 30.9 Å². The SMILES string of the molecule is O=C(Cn1c(=O)sc2ccc(C(F)(F)F)cc21)N1CCN(Cc2ccccc2)CC1. The summed E-state index contributed by atoms with van der Waals surface area (Å²) in [7, 11) is 0. The first-order valence-corrected chi connectivity index (χ1v) is 10.4. The molecule has 0 N–H and O–H groups in total. The summed E-state index contributed by atoms with van der Waals surface area (Å²) in [5, 5.41) is 0. The molecular weight excluding hydrogens is 415 g/mol. The Balaban J connectivity index is 1.44. The first-order valence-electron chi connectivity index (χ1n) is 9.56. The van der Waals surface area contributed by atoms with Crippen molar-refractivity contribution in [3.63, 3.8) is 0 Å². The summed E-state index contributed by atoms with van der Waals surface area (Å²) in [6, 6.07) is 13.2. The topological polar surface area (TPSA) is 45.6 Å². The third kappa shape index (κ3) is 4.41. The molecule has 0 atom stereocenters. The zero-order valence-corrected chi connectivity index (χ0v) is 16.9. The van der Waals surface area contributed by atoms with Gasteiger partial charge in [-0.1, -0.05) is 41.7 Å². The minimum Gasteiger partial charge on any atom is -0.339 e. The Kier molecular flexibility index (Phi) is 5.66. The summed E-state index contributed by atoms with van der Waals surface area (Å²) in [5.41, 5.74) is 0.522. The second kappa shape index (κ2) is 8.23. The summed E-state index contributed by atoms with van der Waals surface area (Å²) < 4.78 is 40.7. The van der Waals surface area contributed by atoms with Gasteiger partial charge < -0.3 is 4.90 Å². The van der Waals surface area contributed by atoms with Gasteiger partial charge in [-0.15, -0.1) is 0 Å². The highest BCUT2D eigenvalue weighted by molar-refractivity contribution is 7.16. The van der Waals surface area contributed by atoms with Crippen molar-refractivity contribution in [3.8, 4) is 0 Å². The summed E-state index contributed by atoms with van der Waals surface area (Å²) in [5.74, 6) is -0.256. The van der Waals surface area contributed by atoms with E-state index in [-0.39, 0.29) is 18.0 Å². The number of nitrogens with zero attached hydrogens (tertiary/aromatic N) is 3. The Hall–Kier alpha value is -2.65. The fourth-order valence-corrected chi connectivity index (χ4v) is 4.49. The van der Waals surface area contributed by atoms with Crippen LogP contribution in [0, 0.1) is 0 Å². The van der Waals surface area contributed by atoms with E-state index in [1.807, 2.05) is 18.2 Å². The number of fused-ring (bicyclic) bond motifs is 1. The molecule has 30 heavy (non-hydrogen) atoms. The molecule has 0 unspecified atom stereocenters. The molecule has 0 spiro atoms. The highest BCUT2D eigenvalue weighted by Gasteiger charge is 2.31. The normalized spacial score (nSPS) is 15.6. The van der Waals surface area contributed by atoms with E-state index in [2.05, 4.69) is 17.0 Å². The van der Waals surface area contributed by atoms with E-state index in [1.165, 1.54) is 11.6 Å². The lowest BCUT2D eigenvalue weighted by Gasteiger charge is -2.34. The average Bonchev–Trinajstić information content (AvgIpc) is 3.03. The lowest BCUT2D eigenvalue weighted by atomic mass is 10.2. The largest absolute Gasteiger partial charge is 0.416 e. The van der Waals surface area contributed by atoms with E-state index < -0.39 is 16.6 Å². The molecule has 0 bridgehead atoms.